The Morgan fingerprint density at radius 1 is 0.750 bits per heavy atom. The van der Waals surface area contributed by atoms with Crippen molar-refractivity contribution in [2.24, 2.45) is 0 Å². The molecule has 5 nitrogen and oxygen atoms in total. The second-order valence-electron chi connectivity index (χ2n) is 9.39. The lowest BCUT2D eigenvalue weighted by Crippen LogP contribution is -2.07. The van der Waals surface area contributed by atoms with Crippen LogP contribution in [0.2, 0.25) is 0 Å². The molecule has 2 aromatic heterocycles. The first-order valence-corrected chi connectivity index (χ1v) is 13.0. The Hall–Kier alpha value is -3.73. The minimum atomic E-state index is -0.0748. The Morgan fingerprint density at radius 3 is 1.78 bits per heavy atom. The zero-order valence-electron chi connectivity index (χ0n) is 21.8. The van der Waals surface area contributed by atoms with Gasteiger partial charge in [-0.05, 0) is 75.3 Å². The molecule has 0 radical (unpaired) electrons. The summed E-state index contributed by atoms with van der Waals surface area (Å²) < 4.78 is 4.51. The van der Waals surface area contributed by atoms with E-state index >= 15 is 0 Å². The van der Waals surface area contributed by atoms with Gasteiger partial charge < -0.3 is 9.13 Å². The Labute approximate surface area is 213 Å². The van der Waals surface area contributed by atoms with Crippen LogP contribution in [0, 0.1) is 0 Å². The van der Waals surface area contributed by atoms with Crippen LogP contribution in [0.25, 0.3) is 34.2 Å². The third-order valence-electron chi connectivity index (χ3n) is 6.55. The number of fused-ring (bicyclic) bond motifs is 2. The van der Waals surface area contributed by atoms with Gasteiger partial charge in [0.05, 0.1) is 22.1 Å². The predicted octanol–water partition coefficient (Wildman–Crippen LogP) is 7.96. The number of ketones is 1. The van der Waals surface area contributed by atoms with E-state index in [1.165, 1.54) is 0 Å². The zero-order valence-corrected chi connectivity index (χ0v) is 21.8. The number of hydrogen-bond donors (Lipinski definition) is 0. The molecule has 4 rings (SSSR count). The van der Waals surface area contributed by atoms with Crippen molar-refractivity contribution in [3.05, 3.63) is 84.5 Å². The van der Waals surface area contributed by atoms with Gasteiger partial charge in [0.2, 0.25) is 0 Å². The van der Waals surface area contributed by atoms with Crippen LogP contribution in [0.4, 0.5) is 0 Å². The molecule has 0 spiro atoms. The molecule has 5 heteroatoms. The molecule has 2 atom stereocenters. The molecule has 2 unspecified atom stereocenters. The number of carbonyl (C=O) groups excluding carboxylic acids is 1. The molecule has 0 N–H and O–H groups in total. The van der Waals surface area contributed by atoms with Crippen LogP contribution >= 0.6 is 0 Å². The van der Waals surface area contributed by atoms with Gasteiger partial charge in [0.15, 0.2) is 5.78 Å². The van der Waals surface area contributed by atoms with E-state index in [1.54, 1.807) is 18.2 Å². The highest BCUT2D eigenvalue weighted by Gasteiger charge is 2.14. The molecular formula is C31H36N4O. The normalized spacial score (nSPS) is 14.1. The van der Waals surface area contributed by atoms with E-state index in [4.69, 9.17) is 9.97 Å². The van der Waals surface area contributed by atoms with Gasteiger partial charge in [-0.3, -0.25) is 4.79 Å². The van der Waals surface area contributed by atoms with E-state index in [2.05, 4.69) is 55.0 Å². The van der Waals surface area contributed by atoms with Gasteiger partial charge in [-0.25, -0.2) is 9.97 Å². The van der Waals surface area contributed by atoms with E-state index in [9.17, 15) is 4.79 Å². The van der Waals surface area contributed by atoms with Gasteiger partial charge >= 0.3 is 0 Å². The summed E-state index contributed by atoms with van der Waals surface area (Å²) in [6.07, 6.45) is 15.0. The number of para-hydroxylation sites is 4. The molecule has 2 heterocycles. The Morgan fingerprint density at radius 2 is 1.25 bits per heavy atom. The van der Waals surface area contributed by atoms with Gasteiger partial charge in [0.25, 0.3) is 0 Å². The summed E-state index contributed by atoms with van der Waals surface area (Å²) in [6, 6.07) is 17.0. The first kappa shape index (κ1) is 25.4. The van der Waals surface area contributed by atoms with Gasteiger partial charge in [-0.15, -0.1) is 0 Å². The lowest BCUT2D eigenvalue weighted by molar-refractivity contribution is -0.110. The molecule has 0 saturated heterocycles. The molecule has 4 aromatic rings. The number of aromatic nitrogens is 4. The third-order valence-corrected chi connectivity index (χ3v) is 6.55. The first-order chi connectivity index (χ1) is 17.5. The van der Waals surface area contributed by atoms with E-state index in [0.717, 1.165) is 59.4 Å². The van der Waals surface area contributed by atoms with Crippen LogP contribution in [0.1, 0.15) is 77.1 Å². The van der Waals surface area contributed by atoms with E-state index in [-0.39, 0.29) is 5.78 Å². The molecule has 36 heavy (non-hydrogen) atoms. The Balaban J connectivity index is 1.51. The molecule has 0 aliphatic carbocycles. The average molecular weight is 481 g/mol. The maximum Gasteiger partial charge on any atom is 0.178 e. The smallest absolute Gasteiger partial charge is 0.178 e. The maximum absolute atomic E-state index is 12.6. The van der Waals surface area contributed by atoms with Crippen LogP contribution < -0.4 is 0 Å². The highest BCUT2D eigenvalue weighted by molar-refractivity contribution is 6.02. The van der Waals surface area contributed by atoms with E-state index in [0.29, 0.717) is 12.1 Å². The summed E-state index contributed by atoms with van der Waals surface area (Å²) in [5, 5.41) is 0. The highest BCUT2D eigenvalue weighted by atomic mass is 16.1. The summed E-state index contributed by atoms with van der Waals surface area (Å²) >= 11 is 0. The predicted molar refractivity (Wildman–Crippen MR) is 151 cm³/mol. The van der Waals surface area contributed by atoms with Gasteiger partial charge in [-0.1, -0.05) is 63.1 Å². The van der Waals surface area contributed by atoms with Crippen molar-refractivity contribution in [3.8, 4) is 0 Å². The molecule has 186 valence electrons. The van der Waals surface area contributed by atoms with Crippen LogP contribution in [0.3, 0.4) is 0 Å². The standard InChI is InChI=1S/C31H36N4O/c1-5-13-23(3)34-28-18-10-8-16-26(28)32-30(34)20-12-7-15-25(36)21-22-31-33-27-17-9-11-19-29(27)35(31)24(4)14-6-2/h7-12,15-24H,5-6,13-14H2,1-4H3/b15-7+,20-12+,22-21+. The van der Waals surface area contributed by atoms with Crippen molar-refractivity contribution in [3.63, 3.8) is 0 Å². The minimum Gasteiger partial charge on any atom is -0.322 e. The van der Waals surface area contributed by atoms with Crippen molar-refractivity contribution >= 4 is 40.0 Å². The molecule has 0 amide bonds. The molecule has 2 aromatic carbocycles. The SMILES string of the molecule is CCCC(C)n1c(/C=C/C=C/C(=O)/C=C/c2nc3ccccc3n2C(C)CCC)nc2ccccc21. The quantitative estimate of drug-likeness (QED) is 0.162. The fourth-order valence-electron chi connectivity index (χ4n) is 4.89. The Bertz CT molecular complexity index is 1420. The van der Waals surface area contributed by atoms with Crippen LogP contribution in [-0.4, -0.2) is 24.9 Å². The number of nitrogens with zero attached hydrogens (tertiary/aromatic N) is 4. The molecule has 0 bridgehead atoms. The van der Waals surface area contributed by atoms with E-state index < -0.39 is 0 Å². The van der Waals surface area contributed by atoms with Crippen molar-refractivity contribution < 1.29 is 4.79 Å². The number of benzene rings is 2. The number of allylic oxidation sites excluding steroid dienone is 4. The maximum atomic E-state index is 12.6. The number of hydrogen-bond acceptors (Lipinski definition) is 3. The number of rotatable bonds is 11. The van der Waals surface area contributed by atoms with Gasteiger partial charge in [-0.2, -0.15) is 0 Å². The average Bonchev–Trinajstić information content (AvgIpc) is 3.43. The number of carbonyl (C=O) groups is 1. The topological polar surface area (TPSA) is 52.7 Å². The fourth-order valence-corrected chi connectivity index (χ4v) is 4.89. The van der Waals surface area contributed by atoms with Crippen LogP contribution in [0.15, 0.2) is 72.8 Å². The summed E-state index contributed by atoms with van der Waals surface area (Å²) in [5.41, 5.74) is 4.18. The summed E-state index contributed by atoms with van der Waals surface area (Å²) in [4.78, 5) is 22.1. The minimum absolute atomic E-state index is 0.0748. The van der Waals surface area contributed by atoms with Crippen LogP contribution in [-0.2, 0) is 4.79 Å². The molecular weight excluding hydrogens is 444 g/mol. The second-order valence-corrected chi connectivity index (χ2v) is 9.39. The Kier molecular flexibility index (Phi) is 8.32. The van der Waals surface area contributed by atoms with E-state index in [1.807, 2.05) is 48.6 Å². The molecule has 0 saturated carbocycles. The summed E-state index contributed by atoms with van der Waals surface area (Å²) in [7, 11) is 0. The fraction of sp³-hybridized carbons (Fsp3) is 0.323. The van der Waals surface area contributed by atoms with Crippen molar-refractivity contribution in [2.75, 3.05) is 0 Å². The molecule has 0 aliphatic heterocycles. The molecule has 0 fully saturated rings. The van der Waals surface area contributed by atoms with Gasteiger partial charge in [0.1, 0.15) is 11.6 Å². The highest BCUT2D eigenvalue weighted by Crippen LogP contribution is 2.26. The largest absolute Gasteiger partial charge is 0.322 e. The number of imidazole rings is 2. The first-order valence-electron chi connectivity index (χ1n) is 13.0. The second kappa shape index (κ2) is 11.8. The lowest BCUT2D eigenvalue weighted by Gasteiger charge is -2.15. The van der Waals surface area contributed by atoms with Crippen molar-refractivity contribution in [1.82, 2.24) is 19.1 Å². The lowest BCUT2D eigenvalue weighted by atomic mass is 10.2. The summed E-state index contributed by atoms with van der Waals surface area (Å²) in [5.74, 6) is 1.64. The summed E-state index contributed by atoms with van der Waals surface area (Å²) in [6.45, 7) is 8.82. The van der Waals surface area contributed by atoms with Crippen LogP contribution in [0.5, 0.6) is 0 Å². The zero-order chi connectivity index (χ0) is 25.5. The van der Waals surface area contributed by atoms with Crippen molar-refractivity contribution in [1.29, 1.82) is 0 Å². The third kappa shape index (κ3) is 5.56. The van der Waals surface area contributed by atoms with Crippen molar-refractivity contribution in [2.45, 2.75) is 65.5 Å². The van der Waals surface area contributed by atoms with Gasteiger partial charge in [0, 0.05) is 12.1 Å². The monoisotopic (exact) mass is 480 g/mol. The molecule has 0 aliphatic rings.